The van der Waals surface area contributed by atoms with Gasteiger partial charge in [0.25, 0.3) is 5.91 Å². The van der Waals surface area contributed by atoms with Gasteiger partial charge >= 0.3 is 0 Å². The first-order valence-corrected chi connectivity index (χ1v) is 15.6. The molecule has 4 N–H and O–H groups in total. The van der Waals surface area contributed by atoms with E-state index in [-0.39, 0.29) is 23.8 Å². The largest absolute Gasteiger partial charge is 0.484 e. The molecule has 244 valence electrons. The van der Waals surface area contributed by atoms with E-state index in [2.05, 4.69) is 40.8 Å². The molecule has 0 unspecified atom stereocenters. The Morgan fingerprint density at radius 2 is 1.75 bits per heavy atom. The molecule has 1 saturated heterocycles. The van der Waals surface area contributed by atoms with Crippen molar-refractivity contribution < 1.29 is 29.0 Å². The minimum Gasteiger partial charge on any atom is -0.484 e. The number of aliphatic hydroxyl groups excluding tert-OH is 1. The van der Waals surface area contributed by atoms with Gasteiger partial charge < -0.3 is 30.7 Å². The van der Waals surface area contributed by atoms with Crippen molar-refractivity contribution in [3.8, 4) is 5.75 Å². The van der Waals surface area contributed by atoms with Gasteiger partial charge in [0.05, 0.1) is 6.10 Å². The van der Waals surface area contributed by atoms with Crippen LogP contribution in [-0.4, -0.2) is 103 Å². The number of amides is 4. The van der Waals surface area contributed by atoms with E-state index in [0.29, 0.717) is 18.7 Å². The third-order valence-electron chi connectivity index (χ3n) is 8.78. The second-order valence-corrected chi connectivity index (χ2v) is 13.1. The monoisotopic (exact) mass is 613 g/mol. The van der Waals surface area contributed by atoms with E-state index in [1.807, 2.05) is 32.0 Å². The number of hydrogen-bond donors (Lipinski definition) is 4. The van der Waals surface area contributed by atoms with E-state index < -0.39 is 42.0 Å². The van der Waals surface area contributed by atoms with Gasteiger partial charge in [-0.1, -0.05) is 37.6 Å². The molecule has 1 aromatic rings. The highest BCUT2D eigenvalue weighted by Gasteiger charge is 2.38. The standard InChI is InChI=1S/C33H51N5O6/c1-21(2)11-14-38-15-12-33(13-16-38)18-25-9-8-10-26(17-25)44-19-27(40)35-29(24(6)39)32(43)37(7)23(5)30(41)36-28(22(3)4)31(42)34-20-33/h8-11,17,22-24,28-29,39H,12-16,18-20H2,1-7H3,(H,34,42)(H,35,40)(H,36,41)/t23-,24+,28+,29-/m0/s1. The quantitative estimate of drug-likeness (QED) is 0.379. The van der Waals surface area contributed by atoms with Crippen LogP contribution >= 0.6 is 0 Å². The topological polar surface area (TPSA) is 140 Å². The number of piperidine rings is 1. The molecule has 44 heavy (non-hydrogen) atoms. The number of allylic oxidation sites excluding steroid dienone is 1. The molecule has 2 heterocycles. The van der Waals surface area contributed by atoms with Gasteiger partial charge in [0.1, 0.15) is 23.9 Å². The third kappa shape index (κ3) is 9.53. The summed E-state index contributed by atoms with van der Waals surface area (Å²) in [5, 5.41) is 18.9. The molecule has 0 aliphatic carbocycles. The summed E-state index contributed by atoms with van der Waals surface area (Å²) in [5.41, 5.74) is 2.09. The molecule has 0 radical (unpaired) electrons. The lowest BCUT2D eigenvalue weighted by Crippen LogP contribution is -2.59. The van der Waals surface area contributed by atoms with Crippen LogP contribution in [0.25, 0.3) is 0 Å². The van der Waals surface area contributed by atoms with E-state index in [0.717, 1.165) is 38.0 Å². The summed E-state index contributed by atoms with van der Waals surface area (Å²) in [7, 11) is 1.43. The summed E-state index contributed by atoms with van der Waals surface area (Å²) < 4.78 is 5.79. The van der Waals surface area contributed by atoms with Gasteiger partial charge in [-0.15, -0.1) is 0 Å². The highest BCUT2D eigenvalue weighted by atomic mass is 16.5. The van der Waals surface area contributed by atoms with Gasteiger partial charge in [-0.25, -0.2) is 0 Å². The van der Waals surface area contributed by atoms with Gasteiger partial charge in [0.2, 0.25) is 17.7 Å². The number of carbonyl (C=O) groups excluding carboxylic acids is 4. The normalized spacial score (nSPS) is 25.1. The summed E-state index contributed by atoms with van der Waals surface area (Å²) >= 11 is 0. The van der Waals surface area contributed by atoms with E-state index in [4.69, 9.17) is 4.74 Å². The van der Waals surface area contributed by atoms with Gasteiger partial charge in [-0.05, 0) is 89.1 Å². The van der Waals surface area contributed by atoms with Crippen LogP contribution in [0.5, 0.6) is 5.75 Å². The fraction of sp³-hybridized carbons (Fsp3) is 0.636. The maximum Gasteiger partial charge on any atom is 0.258 e. The predicted octanol–water partition coefficient (Wildman–Crippen LogP) is 1.64. The number of carbonyl (C=O) groups is 4. The average molecular weight is 614 g/mol. The Hall–Kier alpha value is -3.44. The fourth-order valence-corrected chi connectivity index (χ4v) is 5.65. The molecule has 4 atom stereocenters. The van der Waals surface area contributed by atoms with Crippen molar-refractivity contribution >= 4 is 23.6 Å². The third-order valence-corrected chi connectivity index (χ3v) is 8.78. The first-order chi connectivity index (χ1) is 20.7. The number of benzene rings is 1. The van der Waals surface area contributed by atoms with Crippen molar-refractivity contribution in [2.24, 2.45) is 11.3 Å². The Morgan fingerprint density at radius 3 is 2.36 bits per heavy atom. The Balaban J connectivity index is 1.93. The lowest BCUT2D eigenvalue weighted by molar-refractivity contribution is -0.144. The van der Waals surface area contributed by atoms with Gasteiger partial charge in [-0.3, -0.25) is 24.1 Å². The molecule has 2 aliphatic heterocycles. The lowest BCUT2D eigenvalue weighted by Gasteiger charge is -2.42. The second-order valence-electron chi connectivity index (χ2n) is 13.1. The van der Waals surface area contributed by atoms with Crippen molar-refractivity contribution in [2.45, 2.75) is 85.0 Å². The second kappa shape index (κ2) is 15.5. The van der Waals surface area contributed by atoms with Gasteiger partial charge in [0.15, 0.2) is 6.61 Å². The number of ether oxygens (including phenoxy) is 1. The number of nitrogens with zero attached hydrogens (tertiary/aromatic N) is 2. The van der Waals surface area contributed by atoms with E-state index in [1.165, 1.54) is 24.4 Å². The maximum atomic E-state index is 13.6. The Kier molecular flexibility index (Phi) is 12.4. The number of aliphatic hydroxyl groups is 1. The molecular formula is C33H51N5O6. The van der Waals surface area contributed by atoms with Crippen LogP contribution in [0.3, 0.4) is 0 Å². The first kappa shape index (κ1) is 35.0. The zero-order valence-electron chi connectivity index (χ0n) is 27.3. The predicted molar refractivity (Wildman–Crippen MR) is 169 cm³/mol. The van der Waals surface area contributed by atoms with Gasteiger partial charge in [0, 0.05) is 20.1 Å². The molecule has 0 saturated carbocycles. The van der Waals surface area contributed by atoms with E-state index >= 15 is 0 Å². The number of nitrogens with one attached hydrogen (secondary N) is 3. The van der Waals surface area contributed by atoms with Crippen LogP contribution in [0, 0.1) is 11.3 Å². The number of fused-ring (bicyclic) bond motifs is 2. The summed E-state index contributed by atoms with van der Waals surface area (Å²) in [5.74, 6) is -1.69. The molecule has 3 rings (SSSR count). The zero-order valence-corrected chi connectivity index (χ0v) is 27.3. The highest BCUT2D eigenvalue weighted by Crippen LogP contribution is 2.35. The summed E-state index contributed by atoms with van der Waals surface area (Å²) in [6.45, 7) is 13.6. The smallest absolute Gasteiger partial charge is 0.258 e. The Bertz CT molecular complexity index is 1200. The summed E-state index contributed by atoms with van der Waals surface area (Å²) in [6, 6.07) is 4.51. The van der Waals surface area contributed by atoms with Crippen LogP contribution in [-0.2, 0) is 25.6 Å². The van der Waals surface area contributed by atoms with Crippen LogP contribution < -0.4 is 20.7 Å². The van der Waals surface area contributed by atoms with E-state index in [1.54, 1.807) is 13.0 Å². The number of likely N-dealkylation sites (N-methyl/N-ethyl adjacent to an activating group) is 1. The van der Waals surface area contributed by atoms with Gasteiger partial charge in [-0.2, -0.15) is 0 Å². The molecular weight excluding hydrogens is 562 g/mol. The molecule has 0 aromatic heterocycles. The Morgan fingerprint density at radius 1 is 1.07 bits per heavy atom. The summed E-state index contributed by atoms with van der Waals surface area (Å²) in [6.07, 6.45) is 3.46. The average Bonchev–Trinajstić information content (AvgIpc) is 2.98. The van der Waals surface area contributed by atoms with Crippen LogP contribution in [0.1, 0.15) is 59.9 Å². The number of likely N-dealkylation sites (tertiary alicyclic amines) is 1. The molecule has 11 nitrogen and oxygen atoms in total. The number of hydrogen-bond acceptors (Lipinski definition) is 7. The fourth-order valence-electron chi connectivity index (χ4n) is 5.65. The van der Waals surface area contributed by atoms with Crippen molar-refractivity contribution in [3.05, 3.63) is 41.5 Å². The highest BCUT2D eigenvalue weighted by molar-refractivity contribution is 5.94. The minimum atomic E-state index is -1.29. The molecule has 1 fully saturated rings. The van der Waals surface area contributed by atoms with Crippen LogP contribution in [0.4, 0.5) is 0 Å². The maximum absolute atomic E-state index is 13.6. The number of rotatable bonds is 4. The lowest BCUT2D eigenvalue weighted by atomic mass is 9.73. The minimum absolute atomic E-state index is 0.207. The molecule has 1 aromatic carbocycles. The van der Waals surface area contributed by atoms with Crippen molar-refractivity contribution in [1.29, 1.82) is 0 Å². The first-order valence-electron chi connectivity index (χ1n) is 15.6. The molecule has 4 amide bonds. The molecule has 2 bridgehead atoms. The van der Waals surface area contributed by atoms with Crippen molar-refractivity contribution in [1.82, 2.24) is 25.8 Å². The molecule has 2 aliphatic rings. The summed E-state index contributed by atoms with van der Waals surface area (Å²) in [4.78, 5) is 56.5. The molecule has 1 spiro atoms. The van der Waals surface area contributed by atoms with E-state index in [9.17, 15) is 24.3 Å². The van der Waals surface area contributed by atoms with Crippen LogP contribution in [0.2, 0.25) is 0 Å². The SMILES string of the molecule is CC(C)=CCN1CCC2(CC1)CNC(=O)[C@@H](C(C)C)NC(=O)[C@H](C)N(C)C(=O)[C@H]([C@@H](C)O)NC(=O)COc1cccc(c1)C2. The molecule has 11 heteroatoms. The zero-order chi connectivity index (χ0) is 32.6. The van der Waals surface area contributed by atoms with Crippen LogP contribution in [0.15, 0.2) is 35.9 Å². The van der Waals surface area contributed by atoms with Crippen molar-refractivity contribution in [2.75, 3.05) is 39.8 Å². The van der Waals surface area contributed by atoms with Crippen molar-refractivity contribution in [3.63, 3.8) is 0 Å². The Labute approximate surface area is 261 Å².